The van der Waals surface area contributed by atoms with Crippen molar-refractivity contribution in [3.63, 3.8) is 0 Å². The van der Waals surface area contributed by atoms with Gasteiger partial charge in [-0.1, -0.05) is 12.1 Å². The van der Waals surface area contributed by atoms with E-state index >= 15 is 0 Å². The van der Waals surface area contributed by atoms with E-state index in [2.05, 4.69) is 4.90 Å². The summed E-state index contributed by atoms with van der Waals surface area (Å²) in [6.45, 7) is 3.40. The number of hydrogen-bond acceptors (Lipinski definition) is 4. The Hall–Kier alpha value is -2.06. The molecule has 6 rings (SSSR count). The molecule has 2 bridgehead atoms. The SMILES string of the molecule is O=C1O[C@]2(CN3CCC2CC3)CN1c1ccc(-c2cccc(C(F)(F)F)c2)s1. The number of alkyl halides is 3. The molecule has 4 aliphatic heterocycles. The molecule has 4 fully saturated rings. The van der Waals surface area contributed by atoms with Gasteiger partial charge >= 0.3 is 12.3 Å². The zero-order chi connectivity index (χ0) is 19.5. The number of anilines is 1. The summed E-state index contributed by atoms with van der Waals surface area (Å²) < 4.78 is 44.8. The highest BCUT2D eigenvalue weighted by Gasteiger charge is 2.55. The van der Waals surface area contributed by atoms with E-state index in [0.717, 1.165) is 44.6 Å². The van der Waals surface area contributed by atoms with Crippen LogP contribution in [0.25, 0.3) is 10.4 Å². The first-order valence-electron chi connectivity index (χ1n) is 9.34. The maximum atomic E-state index is 13.0. The van der Waals surface area contributed by atoms with Crippen LogP contribution in [0, 0.1) is 5.92 Å². The molecule has 4 aliphatic rings. The largest absolute Gasteiger partial charge is 0.439 e. The number of carbonyl (C=O) groups excluding carboxylic acids is 1. The molecule has 1 spiro atoms. The lowest BCUT2D eigenvalue weighted by atomic mass is 9.75. The normalized spacial score (nSPS) is 29.5. The van der Waals surface area contributed by atoms with Gasteiger partial charge in [-0.2, -0.15) is 13.2 Å². The maximum absolute atomic E-state index is 13.0. The Labute approximate surface area is 164 Å². The summed E-state index contributed by atoms with van der Waals surface area (Å²) in [5.41, 5.74) is -0.628. The van der Waals surface area contributed by atoms with Crippen molar-refractivity contribution in [1.82, 2.24) is 4.90 Å². The maximum Gasteiger partial charge on any atom is 0.416 e. The summed E-state index contributed by atoms with van der Waals surface area (Å²) in [7, 11) is 0. The van der Waals surface area contributed by atoms with E-state index in [9.17, 15) is 18.0 Å². The van der Waals surface area contributed by atoms with Crippen molar-refractivity contribution in [2.45, 2.75) is 24.6 Å². The van der Waals surface area contributed by atoms with Gasteiger partial charge in [-0.05, 0) is 55.8 Å². The highest BCUT2D eigenvalue weighted by Crippen LogP contribution is 2.45. The summed E-state index contributed by atoms with van der Waals surface area (Å²) in [6, 6.07) is 8.83. The number of piperidine rings is 3. The molecule has 1 aromatic carbocycles. The number of thiophene rings is 1. The summed E-state index contributed by atoms with van der Waals surface area (Å²) >= 11 is 1.32. The summed E-state index contributed by atoms with van der Waals surface area (Å²) in [5, 5.41) is 0.714. The molecular weight excluding hydrogens is 389 g/mol. The molecule has 1 amide bonds. The molecule has 0 saturated carbocycles. The predicted octanol–water partition coefficient (Wildman–Crippen LogP) is 4.85. The molecule has 1 aromatic heterocycles. The van der Waals surface area contributed by atoms with Crippen LogP contribution in [0.4, 0.5) is 23.0 Å². The fraction of sp³-hybridized carbons (Fsp3) is 0.450. The van der Waals surface area contributed by atoms with Crippen LogP contribution < -0.4 is 4.90 Å². The van der Waals surface area contributed by atoms with Gasteiger partial charge in [0.15, 0.2) is 0 Å². The van der Waals surface area contributed by atoms with Gasteiger partial charge in [0.2, 0.25) is 0 Å². The van der Waals surface area contributed by atoms with Crippen molar-refractivity contribution in [3.8, 4) is 10.4 Å². The Morgan fingerprint density at radius 3 is 2.57 bits per heavy atom. The van der Waals surface area contributed by atoms with Crippen molar-refractivity contribution >= 4 is 22.4 Å². The fourth-order valence-corrected chi connectivity index (χ4v) is 5.65. The zero-order valence-corrected chi connectivity index (χ0v) is 15.9. The molecular formula is C20H19F3N2O2S. The predicted molar refractivity (Wildman–Crippen MR) is 100 cm³/mol. The molecule has 0 N–H and O–H groups in total. The fourth-order valence-electron chi connectivity index (χ4n) is 4.66. The third-order valence-electron chi connectivity index (χ3n) is 6.09. The van der Waals surface area contributed by atoms with E-state index in [1.807, 2.05) is 0 Å². The molecule has 0 radical (unpaired) electrons. The van der Waals surface area contributed by atoms with Crippen molar-refractivity contribution in [2.24, 2.45) is 5.92 Å². The first kappa shape index (κ1) is 18.0. The van der Waals surface area contributed by atoms with Gasteiger partial charge in [0.05, 0.1) is 12.1 Å². The third-order valence-corrected chi connectivity index (χ3v) is 7.25. The molecule has 4 nitrogen and oxygen atoms in total. The highest BCUT2D eigenvalue weighted by molar-refractivity contribution is 7.19. The number of carbonyl (C=O) groups is 1. The number of fused-ring (bicyclic) bond motifs is 2. The minimum absolute atomic E-state index is 0.355. The monoisotopic (exact) mass is 408 g/mol. The molecule has 2 aromatic rings. The molecule has 28 heavy (non-hydrogen) atoms. The molecule has 0 aliphatic carbocycles. The van der Waals surface area contributed by atoms with Gasteiger partial charge in [-0.3, -0.25) is 9.80 Å². The third kappa shape index (κ3) is 2.90. The van der Waals surface area contributed by atoms with Gasteiger partial charge in [0.25, 0.3) is 0 Å². The van der Waals surface area contributed by atoms with Crippen molar-refractivity contribution in [3.05, 3.63) is 42.0 Å². The van der Waals surface area contributed by atoms with E-state index in [0.29, 0.717) is 27.9 Å². The minimum Gasteiger partial charge on any atom is -0.439 e. The number of benzene rings is 1. The second kappa shape index (κ2) is 6.22. The quantitative estimate of drug-likeness (QED) is 0.712. The van der Waals surface area contributed by atoms with Gasteiger partial charge in [0, 0.05) is 17.3 Å². The molecule has 5 heterocycles. The number of hydrogen-bond donors (Lipinski definition) is 0. The van der Waals surface area contributed by atoms with Crippen LogP contribution in [0.5, 0.6) is 0 Å². The zero-order valence-electron chi connectivity index (χ0n) is 15.0. The smallest absolute Gasteiger partial charge is 0.416 e. The standard InChI is InChI=1S/C20H19F3N2O2S/c21-20(22,23)15-3-1-2-13(10-15)16-4-5-17(28-16)25-12-19(27-18(25)26)11-24-8-6-14(19)7-9-24/h1-5,10,14H,6-9,11-12H2/t19-/m1/s1. The van der Waals surface area contributed by atoms with E-state index in [4.69, 9.17) is 4.74 Å². The first-order chi connectivity index (χ1) is 13.3. The lowest BCUT2D eigenvalue weighted by molar-refractivity contribution is -0.137. The number of ether oxygens (including phenoxy) is 1. The number of nitrogens with zero attached hydrogens (tertiary/aromatic N) is 2. The Balaban J connectivity index is 1.40. The van der Waals surface area contributed by atoms with E-state index in [-0.39, 0.29) is 6.09 Å². The second-order valence-corrected chi connectivity index (χ2v) is 8.85. The van der Waals surface area contributed by atoms with Crippen molar-refractivity contribution in [2.75, 3.05) is 31.1 Å². The topological polar surface area (TPSA) is 32.8 Å². The summed E-state index contributed by atoms with van der Waals surface area (Å²) in [4.78, 5) is 17.3. The Bertz CT molecular complexity index is 920. The van der Waals surface area contributed by atoms with Crippen LogP contribution in [0.15, 0.2) is 36.4 Å². The van der Waals surface area contributed by atoms with Gasteiger partial charge in [-0.25, -0.2) is 4.79 Å². The van der Waals surface area contributed by atoms with Gasteiger partial charge in [0.1, 0.15) is 10.6 Å². The highest BCUT2D eigenvalue weighted by atomic mass is 32.1. The number of halogens is 3. The van der Waals surface area contributed by atoms with E-state index in [1.165, 1.54) is 17.4 Å². The first-order valence-corrected chi connectivity index (χ1v) is 10.2. The average molecular weight is 408 g/mol. The molecule has 4 saturated heterocycles. The van der Waals surface area contributed by atoms with Crippen LogP contribution in [-0.2, 0) is 10.9 Å². The van der Waals surface area contributed by atoms with E-state index < -0.39 is 17.3 Å². The number of amides is 1. The number of rotatable bonds is 2. The summed E-state index contributed by atoms with van der Waals surface area (Å²) in [5.74, 6) is 0.384. The van der Waals surface area contributed by atoms with Crippen LogP contribution in [0.3, 0.4) is 0 Å². The minimum atomic E-state index is -4.38. The Morgan fingerprint density at radius 2 is 1.89 bits per heavy atom. The lowest BCUT2D eigenvalue weighted by Crippen LogP contribution is -2.61. The molecule has 148 valence electrons. The van der Waals surface area contributed by atoms with E-state index in [1.54, 1.807) is 23.1 Å². The Kier molecular flexibility index (Phi) is 4.00. The molecule has 1 atom stereocenters. The average Bonchev–Trinajstić information content (AvgIpc) is 3.27. The van der Waals surface area contributed by atoms with Crippen LogP contribution >= 0.6 is 11.3 Å². The Morgan fingerprint density at radius 1 is 1.11 bits per heavy atom. The molecule has 0 unspecified atom stereocenters. The van der Waals surface area contributed by atoms with Gasteiger partial charge < -0.3 is 4.74 Å². The van der Waals surface area contributed by atoms with Crippen molar-refractivity contribution in [1.29, 1.82) is 0 Å². The van der Waals surface area contributed by atoms with Gasteiger partial charge in [-0.15, -0.1) is 11.3 Å². The van der Waals surface area contributed by atoms with Crippen LogP contribution in [0.1, 0.15) is 18.4 Å². The molecule has 8 heteroatoms. The van der Waals surface area contributed by atoms with Crippen molar-refractivity contribution < 1.29 is 22.7 Å². The van der Waals surface area contributed by atoms with Crippen LogP contribution in [-0.4, -0.2) is 42.8 Å². The second-order valence-electron chi connectivity index (χ2n) is 7.79. The lowest BCUT2D eigenvalue weighted by Gasteiger charge is -2.49. The summed E-state index contributed by atoms with van der Waals surface area (Å²) in [6.07, 6.45) is -2.65. The van der Waals surface area contributed by atoms with Crippen LogP contribution in [0.2, 0.25) is 0 Å².